The van der Waals surface area contributed by atoms with E-state index in [1.165, 1.54) is 0 Å². The summed E-state index contributed by atoms with van der Waals surface area (Å²) < 4.78 is 5.60. The first-order valence-electron chi connectivity index (χ1n) is 5.72. The Labute approximate surface area is 126 Å². The van der Waals surface area contributed by atoms with Crippen molar-refractivity contribution in [1.29, 1.82) is 0 Å². The summed E-state index contributed by atoms with van der Waals surface area (Å²) >= 11 is 13.7. The van der Waals surface area contributed by atoms with Crippen LogP contribution in [0.25, 0.3) is 0 Å². The van der Waals surface area contributed by atoms with E-state index in [9.17, 15) is 0 Å². The molecule has 2 aromatic carbocycles. The minimum absolute atomic E-state index is 0.529. The molecule has 0 aliphatic carbocycles. The normalized spacial score (nSPS) is 10.4. The SMILES string of the molecule is Nc1cccc(SCCOc2c(Cl)cccc2Cl)c1. The van der Waals surface area contributed by atoms with Gasteiger partial charge in [0, 0.05) is 16.3 Å². The van der Waals surface area contributed by atoms with E-state index >= 15 is 0 Å². The molecule has 0 amide bonds. The van der Waals surface area contributed by atoms with Gasteiger partial charge in [-0.1, -0.05) is 35.3 Å². The lowest BCUT2D eigenvalue weighted by Crippen LogP contribution is -2.01. The number of hydrogen-bond acceptors (Lipinski definition) is 3. The first kappa shape index (κ1) is 14.4. The Morgan fingerprint density at radius 1 is 1.05 bits per heavy atom. The molecule has 0 saturated carbocycles. The van der Waals surface area contributed by atoms with E-state index in [0.717, 1.165) is 16.3 Å². The molecule has 0 bridgehead atoms. The molecule has 0 aromatic heterocycles. The maximum atomic E-state index is 6.01. The second-order valence-electron chi connectivity index (χ2n) is 3.82. The summed E-state index contributed by atoms with van der Waals surface area (Å²) in [7, 11) is 0. The third-order valence-corrected chi connectivity index (χ3v) is 3.93. The molecule has 0 unspecified atom stereocenters. The standard InChI is InChI=1S/C14H13Cl2NOS/c15-12-5-2-6-13(16)14(12)18-7-8-19-11-4-1-3-10(17)9-11/h1-6,9H,7-8,17H2. The largest absolute Gasteiger partial charge is 0.490 e. The molecule has 0 heterocycles. The molecule has 0 saturated heterocycles. The molecule has 100 valence electrons. The molecule has 0 aliphatic rings. The highest BCUT2D eigenvalue weighted by Gasteiger charge is 2.06. The summed E-state index contributed by atoms with van der Waals surface area (Å²) in [5.74, 6) is 1.34. The molecular formula is C14H13Cl2NOS. The molecule has 19 heavy (non-hydrogen) atoms. The van der Waals surface area contributed by atoms with Crippen molar-refractivity contribution in [2.75, 3.05) is 18.1 Å². The van der Waals surface area contributed by atoms with Crippen LogP contribution in [0, 0.1) is 0 Å². The Hall–Kier alpha value is -1.03. The number of thioether (sulfide) groups is 1. The fourth-order valence-electron chi connectivity index (χ4n) is 1.53. The fraction of sp³-hybridized carbons (Fsp3) is 0.143. The average Bonchev–Trinajstić information content (AvgIpc) is 2.37. The van der Waals surface area contributed by atoms with Gasteiger partial charge >= 0.3 is 0 Å². The average molecular weight is 314 g/mol. The van der Waals surface area contributed by atoms with Gasteiger partial charge in [-0.15, -0.1) is 11.8 Å². The summed E-state index contributed by atoms with van der Waals surface area (Å²) in [5, 5.41) is 1.06. The van der Waals surface area contributed by atoms with Crippen LogP contribution in [0.15, 0.2) is 47.4 Å². The van der Waals surface area contributed by atoms with E-state index in [4.69, 9.17) is 33.7 Å². The van der Waals surface area contributed by atoms with Gasteiger partial charge in [0.25, 0.3) is 0 Å². The Kier molecular flexibility index (Phi) is 5.25. The van der Waals surface area contributed by atoms with Crippen molar-refractivity contribution in [3.05, 3.63) is 52.5 Å². The van der Waals surface area contributed by atoms with E-state index < -0.39 is 0 Å². The molecule has 0 radical (unpaired) electrons. The van der Waals surface area contributed by atoms with Crippen LogP contribution in [0.1, 0.15) is 0 Å². The highest BCUT2D eigenvalue weighted by atomic mass is 35.5. The quantitative estimate of drug-likeness (QED) is 0.491. The number of benzene rings is 2. The van der Waals surface area contributed by atoms with E-state index in [1.807, 2.05) is 24.3 Å². The summed E-state index contributed by atoms with van der Waals surface area (Å²) in [6.45, 7) is 0.531. The first-order valence-corrected chi connectivity index (χ1v) is 7.46. The van der Waals surface area contributed by atoms with Gasteiger partial charge in [0.2, 0.25) is 0 Å². The first-order chi connectivity index (χ1) is 9.16. The monoisotopic (exact) mass is 313 g/mol. The van der Waals surface area contributed by atoms with Crippen molar-refractivity contribution in [2.45, 2.75) is 4.90 Å². The van der Waals surface area contributed by atoms with Crippen LogP contribution in [-0.2, 0) is 0 Å². The molecule has 2 N–H and O–H groups in total. The number of rotatable bonds is 5. The van der Waals surface area contributed by atoms with Gasteiger partial charge in [0.15, 0.2) is 5.75 Å². The summed E-state index contributed by atoms with van der Waals surface area (Å²) in [4.78, 5) is 1.12. The second-order valence-corrected chi connectivity index (χ2v) is 5.80. The molecule has 0 fully saturated rings. The number of hydrogen-bond donors (Lipinski definition) is 1. The molecule has 0 aliphatic heterocycles. The molecule has 0 atom stereocenters. The van der Waals surface area contributed by atoms with Crippen LogP contribution in [0.4, 0.5) is 5.69 Å². The van der Waals surface area contributed by atoms with Crippen molar-refractivity contribution in [3.63, 3.8) is 0 Å². The van der Waals surface area contributed by atoms with Gasteiger partial charge in [-0.25, -0.2) is 0 Å². The molecule has 2 rings (SSSR count). The Balaban J connectivity index is 1.84. The van der Waals surface area contributed by atoms with E-state index in [1.54, 1.807) is 30.0 Å². The zero-order valence-electron chi connectivity index (χ0n) is 10.1. The lowest BCUT2D eigenvalue weighted by molar-refractivity contribution is 0.344. The lowest BCUT2D eigenvalue weighted by Gasteiger charge is -2.09. The Morgan fingerprint density at radius 3 is 2.42 bits per heavy atom. The van der Waals surface area contributed by atoms with E-state index in [0.29, 0.717) is 22.4 Å². The van der Waals surface area contributed by atoms with Gasteiger partial charge in [0.1, 0.15) is 0 Å². The predicted octanol–water partition coefficient (Wildman–Crippen LogP) is 4.75. The van der Waals surface area contributed by atoms with Gasteiger partial charge in [-0.3, -0.25) is 0 Å². The summed E-state index contributed by atoms with van der Waals surface area (Å²) in [6.07, 6.45) is 0. The van der Waals surface area contributed by atoms with Gasteiger partial charge in [-0.2, -0.15) is 0 Å². The van der Waals surface area contributed by atoms with Gasteiger partial charge in [0.05, 0.1) is 16.7 Å². The number of nitrogen functional groups attached to an aromatic ring is 1. The number of ether oxygens (including phenoxy) is 1. The van der Waals surface area contributed by atoms with Crippen molar-refractivity contribution >= 4 is 40.7 Å². The van der Waals surface area contributed by atoms with Crippen LogP contribution in [0.2, 0.25) is 10.0 Å². The second kappa shape index (κ2) is 6.94. The molecular weight excluding hydrogens is 301 g/mol. The summed E-state index contributed by atoms with van der Waals surface area (Å²) in [6, 6.07) is 13.1. The molecule has 2 aromatic rings. The summed E-state index contributed by atoms with van der Waals surface area (Å²) in [5.41, 5.74) is 6.48. The van der Waals surface area contributed by atoms with Gasteiger partial charge in [-0.05, 0) is 30.3 Å². The minimum Gasteiger partial charge on any atom is -0.490 e. The third-order valence-electron chi connectivity index (χ3n) is 2.38. The Bertz CT molecular complexity index is 543. The zero-order chi connectivity index (χ0) is 13.7. The highest BCUT2D eigenvalue weighted by molar-refractivity contribution is 7.99. The number of nitrogens with two attached hydrogens (primary N) is 1. The van der Waals surface area contributed by atoms with Crippen LogP contribution in [-0.4, -0.2) is 12.4 Å². The smallest absolute Gasteiger partial charge is 0.156 e. The lowest BCUT2D eigenvalue weighted by atomic mass is 10.3. The van der Waals surface area contributed by atoms with Crippen molar-refractivity contribution in [3.8, 4) is 5.75 Å². The van der Waals surface area contributed by atoms with Crippen molar-refractivity contribution in [1.82, 2.24) is 0 Å². The zero-order valence-corrected chi connectivity index (χ0v) is 12.4. The van der Waals surface area contributed by atoms with Gasteiger partial charge < -0.3 is 10.5 Å². The van der Waals surface area contributed by atoms with E-state index in [2.05, 4.69) is 0 Å². The van der Waals surface area contributed by atoms with Crippen LogP contribution < -0.4 is 10.5 Å². The number of anilines is 1. The van der Waals surface area contributed by atoms with Crippen molar-refractivity contribution in [2.24, 2.45) is 0 Å². The molecule has 0 spiro atoms. The van der Waals surface area contributed by atoms with Crippen LogP contribution in [0.5, 0.6) is 5.75 Å². The van der Waals surface area contributed by atoms with Crippen molar-refractivity contribution < 1.29 is 4.74 Å². The minimum atomic E-state index is 0.529. The molecule has 5 heteroatoms. The maximum absolute atomic E-state index is 6.01. The van der Waals surface area contributed by atoms with E-state index in [-0.39, 0.29) is 0 Å². The predicted molar refractivity (Wildman–Crippen MR) is 83.5 cm³/mol. The number of para-hydroxylation sites is 1. The highest BCUT2D eigenvalue weighted by Crippen LogP contribution is 2.32. The maximum Gasteiger partial charge on any atom is 0.156 e. The fourth-order valence-corrected chi connectivity index (χ4v) is 2.83. The van der Waals surface area contributed by atoms with Crippen LogP contribution >= 0.6 is 35.0 Å². The topological polar surface area (TPSA) is 35.2 Å². The molecule has 2 nitrogen and oxygen atoms in total. The number of halogens is 2. The third kappa shape index (κ3) is 4.23. The van der Waals surface area contributed by atoms with Crippen LogP contribution in [0.3, 0.4) is 0 Å². The Morgan fingerprint density at radius 2 is 1.74 bits per heavy atom.